The number of benzene rings is 2. The Bertz CT molecular complexity index is 1330. The number of carbonyl (C=O) groups excluding carboxylic acids is 1. The number of rotatable bonds is 5. The zero-order valence-corrected chi connectivity index (χ0v) is 20.8. The van der Waals surface area contributed by atoms with E-state index < -0.39 is 0 Å². The summed E-state index contributed by atoms with van der Waals surface area (Å²) in [5.41, 5.74) is 7.13. The number of carbonyl (C=O) groups is 1. The fraction of sp³-hybridized carbons (Fsp3) is 0.300. The van der Waals surface area contributed by atoms with Crippen LogP contribution >= 0.6 is 0 Å². The van der Waals surface area contributed by atoms with Crippen molar-refractivity contribution in [2.75, 3.05) is 32.1 Å². The van der Waals surface area contributed by atoms with Gasteiger partial charge in [0.15, 0.2) is 0 Å². The molecule has 6 nitrogen and oxygen atoms in total. The highest BCUT2D eigenvalue weighted by Gasteiger charge is 2.28. The van der Waals surface area contributed by atoms with Crippen LogP contribution in [-0.2, 0) is 0 Å². The number of likely N-dealkylation sites (tertiary alicyclic amines) is 1. The van der Waals surface area contributed by atoms with E-state index >= 15 is 0 Å². The van der Waals surface area contributed by atoms with Gasteiger partial charge in [0.2, 0.25) is 0 Å². The first-order valence-electron chi connectivity index (χ1n) is 12.5. The molecule has 1 aliphatic carbocycles. The molecule has 1 unspecified atom stereocenters. The number of hydrogen-bond acceptors (Lipinski definition) is 5. The largest absolute Gasteiger partial charge is 0.378 e. The zero-order valence-electron chi connectivity index (χ0n) is 20.8. The van der Waals surface area contributed by atoms with Crippen molar-refractivity contribution in [3.8, 4) is 6.07 Å². The first-order chi connectivity index (χ1) is 17.5. The molecule has 2 aliphatic rings. The summed E-state index contributed by atoms with van der Waals surface area (Å²) in [6.07, 6.45) is 8.67. The van der Waals surface area contributed by atoms with E-state index in [0.717, 1.165) is 49.2 Å². The lowest BCUT2D eigenvalue weighted by molar-refractivity contribution is 0.0701. The molecule has 1 fully saturated rings. The van der Waals surface area contributed by atoms with Gasteiger partial charge in [-0.25, -0.2) is 0 Å². The average Bonchev–Trinajstić information content (AvgIpc) is 2.93. The van der Waals surface area contributed by atoms with Gasteiger partial charge in [0.1, 0.15) is 0 Å². The second kappa shape index (κ2) is 10.3. The maximum absolute atomic E-state index is 13.1. The van der Waals surface area contributed by atoms with Gasteiger partial charge in [-0.15, -0.1) is 0 Å². The Hall–Kier alpha value is -3.95. The number of amides is 1. The molecule has 3 aromatic rings. The molecule has 1 N–H and O–H groups in total. The third-order valence-electron chi connectivity index (χ3n) is 7.21. The third-order valence-corrected chi connectivity index (χ3v) is 7.21. The molecular weight excluding hydrogens is 446 g/mol. The lowest BCUT2D eigenvalue weighted by Crippen LogP contribution is -2.46. The SMILES string of the molecule is CN(C)c1cccc(C(=O)N2CCC(NC3CC(c4cccc(C#N)c4)=Cc4ccncc43)CC2)c1. The van der Waals surface area contributed by atoms with Crippen molar-refractivity contribution in [1.82, 2.24) is 15.2 Å². The van der Waals surface area contributed by atoms with Crippen molar-refractivity contribution in [1.29, 1.82) is 5.26 Å². The highest BCUT2D eigenvalue weighted by atomic mass is 16.2. The predicted molar refractivity (Wildman–Crippen MR) is 143 cm³/mol. The van der Waals surface area contributed by atoms with Gasteiger partial charge in [0.05, 0.1) is 11.6 Å². The Morgan fingerprint density at radius 1 is 1.11 bits per heavy atom. The maximum atomic E-state index is 13.1. The summed E-state index contributed by atoms with van der Waals surface area (Å²) >= 11 is 0. The minimum atomic E-state index is 0.104. The van der Waals surface area contributed by atoms with Gasteiger partial charge in [-0.2, -0.15) is 5.26 Å². The van der Waals surface area contributed by atoms with Crippen LogP contribution in [0, 0.1) is 11.3 Å². The average molecular weight is 478 g/mol. The number of nitrogens with zero attached hydrogens (tertiary/aromatic N) is 4. The van der Waals surface area contributed by atoms with E-state index in [0.29, 0.717) is 11.6 Å². The number of hydrogen-bond donors (Lipinski definition) is 1. The van der Waals surface area contributed by atoms with E-state index in [1.807, 2.05) is 78.8 Å². The van der Waals surface area contributed by atoms with Gasteiger partial charge in [-0.3, -0.25) is 9.78 Å². The lowest BCUT2D eigenvalue weighted by Gasteiger charge is -2.36. The molecule has 0 radical (unpaired) electrons. The molecule has 36 heavy (non-hydrogen) atoms. The zero-order chi connectivity index (χ0) is 25.1. The molecule has 6 heteroatoms. The summed E-state index contributed by atoms with van der Waals surface area (Å²) < 4.78 is 0. The van der Waals surface area contributed by atoms with Crippen molar-refractivity contribution in [2.45, 2.75) is 31.3 Å². The van der Waals surface area contributed by atoms with Crippen molar-refractivity contribution in [2.24, 2.45) is 0 Å². The number of nitriles is 1. The molecule has 1 aromatic heterocycles. The normalized spacial score (nSPS) is 17.6. The van der Waals surface area contributed by atoms with Crippen LogP contribution in [0.1, 0.15) is 57.9 Å². The van der Waals surface area contributed by atoms with Gasteiger partial charge >= 0.3 is 0 Å². The summed E-state index contributed by atoms with van der Waals surface area (Å²) in [5.74, 6) is 0.104. The van der Waals surface area contributed by atoms with Gasteiger partial charge in [-0.05, 0) is 77.9 Å². The molecule has 0 bridgehead atoms. The molecule has 2 heterocycles. The van der Waals surface area contributed by atoms with Gasteiger partial charge < -0.3 is 15.1 Å². The number of fused-ring (bicyclic) bond motifs is 1. The standard InChI is InChI=1S/C30H31N5O/c1-34(2)27-8-4-7-24(17-27)30(36)35-13-10-26(11-14-35)33-29-18-25(16-23-9-12-32-20-28(23)29)22-6-3-5-21(15-22)19-31/h3-9,12,15-17,20,26,29,33H,10-11,13-14,18H2,1-2H3. The number of pyridine rings is 1. The van der Waals surface area contributed by atoms with Gasteiger partial charge in [0.25, 0.3) is 5.91 Å². The maximum Gasteiger partial charge on any atom is 0.253 e. The highest BCUT2D eigenvalue weighted by Crippen LogP contribution is 2.37. The van der Waals surface area contributed by atoms with E-state index in [1.54, 1.807) is 0 Å². The topological polar surface area (TPSA) is 72.3 Å². The number of aromatic nitrogens is 1. The molecule has 0 saturated carbocycles. The Morgan fingerprint density at radius 3 is 2.69 bits per heavy atom. The summed E-state index contributed by atoms with van der Waals surface area (Å²) in [6.45, 7) is 1.48. The summed E-state index contributed by atoms with van der Waals surface area (Å²) in [6, 6.07) is 20.4. The first-order valence-corrected chi connectivity index (χ1v) is 12.5. The van der Waals surface area contributed by atoms with E-state index in [2.05, 4.69) is 34.6 Å². The fourth-order valence-electron chi connectivity index (χ4n) is 5.19. The number of piperidine rings is 1. The second-order valence-electron chi connectivity index (χ2n) is 9.80. The Morgan fingerprint density at radius 2 is 1.92 bits per heavy atom. The van der Waals surface area contributed by atoms with Crippen LogP contribution in [-0.4, -0.2) is 49.0 Å². The first kappa shape index (κ1) is 23.8. The molecule has 1 amide bonds. The molecule has 1 atom stereocenters. The Labute approximate surface area is 212 Å². The minimum absolute atomic E-state index is 0.104. The van der Waals surface area contributed by atoms with Crippen LogP contribution in [0.25, 0.3) is 11.6 Å². The molecular formula is C30H31N5O. The van der Waals surface area contributed by atoms with E-state index in [-0.39, 0.29) is 11.9 Å². The molecule has 0 spiro atoms. The van der Waals surface area contributed by atoms with Crippen molar-refractivity contribution >= 4 is 23.2 Å². The van der Waals surface area contributed by atoms with Gasteiger partial charge in [-0.1, -0.05) is 24.3 Å². The van der Waals surface area contributed by atoms with Crippen LogP contribution in [0.3, 0.4) is 0 Å². The quantitative estimate of drug-likeness (QED) is 0.566. The van der Waals surface area contributed by atoms with Crippen molar-refractivity contribution < 1.29 is 4.79 Å². The van der Waals surface area contributed by atoms with Crippen LogP contribution in [0.15, 0.2) is 67.0 Å². The Balaban J connectivity index is 1.27. The van der Waals surface area contributed by atoms with Crippen LogP contribution in [0.4, 0.5) is 5.69 Å². The predicted octanol–water partition coefficient (Wildman–Crippen LogP) is 4.90. The summed E-state index contributed by atoms with van der Waals surface area (Å²) in [7, 11) is 3.97. The Kier molecular flexibility index (Phi) is 6.84. The minimum Gasteiger partial charge on any atom is -0.378 e. The molecule has 1 saturated heterocycles. The monoisotopic (exact) mass is 477 g/mol. The molecule has 2 aromatic carbocycles. The third kappa shape index (κ3) is 5.02. The summed E-state index contributed by atoms with van der Waals surface area (Å²) in [4.78, 5) is 21.5. The van der Waals surface area contributed by atoms with Gasteiger partial charge in [0, 0.05) is 62.9 Å². The second-order valence-corrected chi connectivity index (χ2v) is 9.80. The van der Waals surface area contributed by atoms with E-state index in [4.69, 9.17) is 0 Å². The smallest absolute Gasteiger partial charge is 0.253 e. The van der Waals surface area contributed by atoms with Crippen molar-refractivity contribution in [3.63, 3.8) is 0 Å². The van der Waals surface area contributed by atoms with Crippen LogP contribution < -0.4 is 10.2 Å². The molecule has 1 aliphatic heterocycles. The number of anilines is 1. The number of nitrogens with one attached hydrogen (secondary N) is 1. The van der Waals surface area contributed by atoms with E-state index in [9.17, 15) is 10.1 Å². The molecule has 182 valence electrons. The summed E-state index contributed by atoms with van der Waals surface area (Å²) in [5, 5.41) is 13.2. The van der Waals surface area contributed by atoms with Crippen LogP contribution in [0.5, 0.6) is 0 Å². The molecule has 5 rings (SSSR count). The highest BCUT2D eigenvalue weighted by molar-refractivity contribution is 5.95. The lowest BCUT2D eigenvalue weighted by atomic mass is 9.85. The van der Waals surface area contributed by atoms with Crippen LogP contribution in [0.2, 0.25) is 0 Å². The van der Waals surface area contributed by atoms with E-state index in [1.165, 1.54) is 16.7 Å². The fourth-order valence-corrected chi connectivity index (χ4v) is 5.19. The van der Waals surface area contributed by atoms with Crippen molar-refractivity contribution in [3.05, 3.63) is 94.8 Å².